The van der Waals surface area contributed by atoms with Gasteiger partial charge in [0.2, 0.25) is 0 Å². The molecule has 18 heavy (non-hydrogen) atoms. The summed E-state index contributed by atoms with van der Waals surface area (Å²) < 4.78 is 0. The van der Waals surface area contributed by atoms with Crippen molar-refractivity contribution in [3.8, 4) is 0 Å². The first kappa shape index (κ1) is 16.8. The Hall–Kier alpha value is -1.17. The molecule has 2 heteroatoms. The van der Waals surface area contributed by atoms with Gasteiger partial charge in [0.25, 0.3) is 0 Å². The maximum absolute atomic E-state index is 4.85. The van der Waals surface area contributed by atoms with Crippen molar-refractivity contribution < 1.29 is 0 Å². The summed E-state index contributed by atoms with van der Waals surface area (Å²) in [5.41, 5.74) is 7.50. The van der Waals surface area contributed by atoms with Gasteiger partial charge in [-0.2, -0.15) is 0 Å². The Bertz CT molecular complexity index is 391. The van der Waals surface area contributed by atoms with Crippen molar-refractivity contribution in [2.45, 2.75) is 20.8 Å². The average Bonchev–Trinajstić information content (AvgIpc) is 2.36. The lowest BCUT2D eigenvalue weighted by molar-refractivity contribution is 1.14. The van der Waals surface area contributed by atoms with Crippen molar-refractivity contribution >= 4 is 14.5 Å². The van der Waals surface area contributed by atoms with Gasteiger partial charge in [-0.25, -0.2) is 0 Å². The molecule has 0 amide bonds. The zero-order valence-electron chi connectivity index (χ0n) is 11.6. The van der Waals surface area contributed by atoms with E-state index < -0.39 is 0 Å². The molecule has 0 saturated heterocycles. The second-order valence-electron chi connectivity index (χ2n) is 3.92. The van der Waals surface area contributed by atoms with Crippen LogP contribution < -0.4 is 11.0 Å². The van der Waals surface area contributed by atoms with E-state index in [2.05, 4.69) is 47.4 Å². The van der Waals surface area contributed by atoms with Crippen LogP contribution in [0.2, 0.25) is 0 Å². The first-order valence-electron chi connectivity index (χ1n) is 6.14. The minimum Gasteiger partial charge on any atom is -0.331 e. The lowest BCUT2D eigenvalue weighted by Crippen LogP contribution is -1.92. The van der Waals surface area contributed by atoms with E-state index in [4.69, 9.17) is 5.73 Å². The molecule has 1 unspecified atom stereocenters. The summed E-state index contributed by atoms with van der Waals surface area (Å²) in [7, 11) is 2.69. The molecule has 0 bridgehead atoms. The van der Waals surface area contributed by atoms with Crippen molar-refractivity contribution in [2.75, 3.05) is 6.54 Å². The van der Waals surface area contributed by atoms with Gasteiger partial charge >= 0.3 is 0 Å². The second-order valence-corrected chi connectivity index (χ2v) is 4.54. The monoisotopic (exact) mass is 261 g/mol. The molecule has 0 aliphatic heterocycles. The molecular formula is C16H24NP. The van der Waals surface area contributed by atoms with Crippen LogP contribution in [-0.4, -0.2) is 6.54 Å². The van der Waals surface area contributed by atoms with E-state index in [9.17, 15) is 0 Å². The van der Waals surface area contributed by atoms with Crippen molar-refractivity contribution in [1.29, 1.82) is 0 Å². The number of aryl methyl sites for hydroxylation is 2. The summed E-state index contributed by atoms with van der Waals surface area (Å²) in [5, 5.41) is 1.28. The minimum atomic E-state index is 0.750. The predicted molar refractivity (Wildman–Crippen MR) is 86.4 cm³/mol. The second kappa shape index (κ2) is 11.0. The highest BCUT2D eigenvalue weighted by atomic mass is 31.0. The largest absolute Gasteiger partial charge is 0.331 e. The molecule has 2 aromatic carbocycles. The third-order valence-corrected chi connectivity index (χ3v) is 2.78. The van der Waals surface area contributed by atoms with E-state index in [1.165, 1.54) is 16.4 Å². The smallest absolute Gasteiger partial charge is 0.0106 e. The van der Waals surface area contributed by atoms with E-state index >= 15 is 0 Å². The highest BCUT2D eigenvalue weighted by Crippen LogP contribution is 1.96. The summed E-state index contributed by atoms with van der Waals surface area (Å²) in [5.74, 6) is 0. The van der Waals surface area contributed by atoms with Crippen LogP contribution in [0.3, 0.4) is 0 Å². The van der Waals surface area contributed by atoms with Gasteiger partial charge < -0.3 is 5.73 Å². The number of hydrogen-bond donors (Lipinski definition) is 1. The third kappa shape index (κ3) is 8.92. The summed E-state index contributed by atoms with van der Waals surface area (Å²) >= 11 is 0. The molecule has 0 aromatic heterocycles. The van der Waals surface area contributed by atoms with E-state index in [0.717, 1.165) is 6.54 Å². The van der Waals surface area contributed by atoms with Crippen LogP contribution in [-0.2, 0) is 0 Å². The van der Waals surface area contributed by atoms with Gasteiger partial charge in [0.15, 0.2) is 0 Å². The van der Waals surface area contributed by atoms with E-state index in [1.54, 1.807) is 0 Å². The van der Waals surface area contributed by atoms with Gasteiger partial charge in [-0.3, -0.25) is 0 Å². The lowest BCUT2D eigenvalue weighted by atomic mass is 10.2. The maximum atomic E-state index is 4.85. The van der Waals surface area contributed by atoms with E-state index in [-0.39, 0.29) is 0 Å². The van der Waals surface area contributed by atoms with Crippen molar-refractivity contribution in [3.63, 3.8) is 0 Å². The standard InChI is InChI=1S/C7H9P.C7H8.C2H7N/c1-6-4-2-3-5-7(6)8;1-7-5-3-2-4-6-7;1-2-3/h2-5H,8H2,1H3;2-6H,1H3;2-3H2,1H3. The van der Waals surface area contributed by atoms with Crippen LogP contribution in [0, 0.1) is 13.8 Å². The van der Waals surface area contributed by atoms with Gasteiger partial charge in [0.1, 0.15) is 0 Å². The van der Waals surface area contributed by atoms with Crippen molar-refractivity contribution in [1.82, 2.24) is 0 Å². The van der Waals surface area contributed by atoms with Gasteiger partial charge in [0.05, 0.1) is 0 Å². The van der Waals surface area contributed by atoms with Crippen LogP contribution in [0.15, 0.2) is 54.6 Å². The Morgan fingerprint density at radius 3 is 1.61 bits per heavy atom. The number of nitrogens with two attached hydrogens (primary N) is 1. The predicted octanol–water partition coefficient (Wildman–Crippen LogP) is 3.46. The van der Waals surface area contributed by atoms with Crippen LogP contribution in [0.25, 0.3) is 0 Å². The van der Waals surface area contributed by atoms with Crippen LogP contribution >= 0.6 is 9.24 Å². The summed E-state index contributed by atoms with van der Waals surface area (Å²) in [4.78, 5) is 0. The quantitative estimate of drug-likeness (QED) is 0.722. The Balaban J connectivity index is 0.000000267. The third-order valence-electron chi connectivity index (χ3n) is 2.13. The molecule has 2 N–H and O–H groups in total. The van der Waals surface area contributed by atoms with Crippen LogP contribution in [0.1, 0.15) is 18.1 Å². The first-order valence-corrected chi connectivity index (χ1v) is 6.72. The zero-order valence-corrected chi connectivity index (χ0v) is 12.7. The Morgan fingerprint density at radius 1 is 0.889 bits per heavy atom. The van der Waals surface area contributed by atoms with Gasteiger partial charge in [-0.15, -0.1) is 9.24 Å². The van der Waals surface area contributed by atoms with Crippen LogP contribution in [0.4, 0.5) is 0 Å². The average molecular weight is 261 g/mol. The molecule has 2 aromatic rings. The highest BCUT2D eigenvalue weighted by Gasteiger charge is 1.84. The molecule has 0 heterocycles. The topological polar surface area (TPSA) is 26.0 Å². The normalized spacial score (nSPS) is 8.50. The fraction of sp³-hybridized carbons (Fsp3) is 0.250. The molecule has 2 rings (SSSR count). The maximum Gasteiger partial charge on any atom is -0.0106 e. The summed E-state index contributed by atoms with van der Waals surface area (Å²) in [6.07, 6.45) is 0. The summed E-state index contributed by atoms with van der Waals surface area (Å²) in [6, 6.07) is 18.5. The highest BCUT2D eigenvalue weighted by molar-refractivity contribution is 7.27. The van der Waals surface area contributed by atoms with E-state index in [0.29, 0.717) is 0 Å². The molecule has 98 valence electrons. The Kier molecular flexibility index (Phi) is 10.2. The minimum absolute atomic E-state index is 0.750. The number of benzene rings is 2. The molecule has 1 nitrogen and oxygen atoms in total. The molecule has 0 fully saturated rings. The van der Waals surface area contributed by atoms with Crippen molar-refractivity contribution in [3.05, 3.63) is 65.7 Å². The molecule has 0 radical (unpaired) electrons. The lowest BCUT2D eigenvalue weighted by Gasteiger charge is -1.93. The van der Waals surface area contributed by atoms with Crippen LogP contribution in [0.5, 0.6) is 0 Å². The Labute approximate surface area is 114 Å². The molecule has 0 aliphatic rings. The number of hydrogen-bond acceptors (Lipinski definition) is 1. The fourth-order valence-corrected chi connectivity index (χ4v) is 1.33. The molecular weight excluding hydrogens is 237 g/mol. The molecule has 0 spiro atoms. The van der Waals surface area contributed by atoms with Crippen molar-refractivity contribution in [2.24, 2.45) is 5.73 Å². The molecule has 0 saturated carbocycles. The molecule has 1 atom stereocenters. The SMILES string of the molecule is CCN.Cc1ccccc1.Cc1ccccc1P. The first-order chi connectivity index (χ1) is 8.61. The summed E-state index contributed by atoms with van der Waals surface area (Å²) in [6.45, 7) is 6.84. The Morgan fingerprint density at radius 2 is 1.33 bits per heavy atom. The zero-order chi connectivity index (χ0) is 13.8. The molecule has 0 aliphatic carbocycles. The number of rotatable bonds is 0. The van der Waals surface area contributed by atoms with E-state index in [1.807, 2.05) is 37.3 Å². The van der Waals surface area contributed by atoms with Gasteiger partial charge in [0, 0.05) is 0 Å². The fourth-order valence-electron chi connectivity index (χ4n) is 1.12. The van der Waals surface area contributed by atoms with Gasteiger partial charge in [-0.05, 0) is 31.3 Å². The van der Waals surface area contributed by atoms with Gasteiger partial charge in [-0.1, -0.05) is 67.1 Å².